The van der Waals surface area contributed by atoms with Crippen LogP contribution in [-0.4, -0.2) is 26.4 Å². The van der Waals surface area contributed by atoms with E-state index in [9.17, 15) is 4.79 Å². The van der Waals surface area contributed by atoms with Crippen LogP contribution >= 0.6 is 11.8 Å². The van der Waals surface area contributed by atoms with Crippen molar-refractivity contribution in [1.29, 1.82) is 5.26 Å². The number of hydrogen-bond donors (Lipinski definition) is 1. The summed E-state index contributed by atoms with van der Waals surface area (Å²) >= 11 is 1.29. The minimum absolute atomic E-state index is 0.155. The maximum Gasteiger partial charge on any atom is 0.234 e. The predicted octanol–water partition coefficient (Wildman–Crippen LogP) is 4.19. The molecule has 4 rings (SSSR count). The topological polar surface area (TPSA) is 96.7 Å². The zero-order valence-corrected chi connectivity index (χ0v) is 16.7. The molecule has 8 heteroatoms. The summed E-state index contributed by atoms with van der Waals surface area (Å²) in [4.78, 5) is 12.4. The van der Waals surface area contributed by atoms with E-state index in [-0.39, 0.29) is 11.7 Å². The second kappa shape index (κ2) is 9.11. The molecule has 2 aromatic heterocycles. The summed E-state index contributed by atoms with van der Waals surface area (Å²) in [6.07, 6.45) is 1.62. The van der Waals surface area contributed by atoms with Crippen molar-refractivity contribution in [3.05, 3.63) is 84.3 Å². The fourth-order valence-electron chi connectivity index (χ4n) is 2.89. The number of hydrogen-bond acceptors (Lipinski definition) is 6. The number of nitrogens with one attached hydrogen (secondary N) is 1. The van der Waals surface area contributed by atoms with E-state index >= 15 is 0 Å². The van der Waals surface area contributed by atoms with Gasteiger partial charge < -0.3 is 9.73 Å². The van der Waals surface area contributed by atoms with Gasteiger partial charge in [0, 0.05) is 11.3 Å². The molecule has 1 amide bonds. The molecule has 2 heterocycles. The molecular weight excluding hydrogens is 398 g/mol. The number of amides is 1. The number of nitrogens with zero attached hydrogens (tertiary/aromatic N) is 4. The van der Waals surface area contributed by atoms with Gasteiger partial charge in [0.25, 0.3) is 0 Å². The summed E-state index contributed by atoms with van der Waals surface area (Å²) in [6, 6.07) is 22.3. The highest BCUT2D eigenvalue weighted by molar-refractivity contribution is 7.99. The number of carbonyl (C=O) groups is 1. The van der Waals surface area contributed by atoms with Crippen LogP contribution in [0.15, 0.2) is 82.6 Å². The van der Waals surface area contributed by atoms with Crippen LogP contribution in [0.1, 0.15) is 11.3 Å². The van der Waals surface area contributed by atoms with E-state index in [1.807, 2.05) is 47.0 Å². The van der Waals surface area contributed by atoms with E-state index in [2.05, 4.69) is 21.6 Å². The van der Waals surface area contributed by atoms with Gasteiger partial charge >= 0.3 is 0 Å². The molecule has 0 bridgehead atoms. The van der Waals surface area contributed by atoms with E-state index < -0.39 is 0 Å². The van der Waals surface area contributed by atoms with Gasteiger partial charge in [-0.15, -0.1) is 10.2 Å². The molecule has 0 radical (unpaired) electrons. The minimum atomic E-state index is -0.191. The monoisotopic (exact) mass is 415 g/mol. The first kappa shape index (κ1) is 19.5. The molecule has 148 valence electrons. The predicted molar refractivity (Wildman–Crippen MR) is 114 cm³/mol. The van der Waals surface area contributed by atoms with E-state index in [1.54, 1.807) is 30.5 Å². The van der Waals surface area contributed by atoms with Crippen molar-refractivity contribution < 1.29 is 9.21 Å². The summed E-state index contributed by atoms with van der Waals surface area (Å²) in [6.45, 7) is 0.457. The maximum atomic E-state index is 12.4. The first-order valence-electron chi connectivity index (χ1n) is 9.17. The largest absolute Gasteiger partial charge is 0.467 e. The quantitative estimate of drug-likeness (QED) is 0.455. The summed E-state index contributed by atoms with van der Waals surface area (Å²) in [5, 5.41) is 21.0. The molecule has 0 saturated heterocycles. The van der Waals surface area contributed by atoms with Gasteiger partial charge in [0.1, 0.15) is 5.76 Å². The summed E-state index contributed by atoms with van der Waals surface area (Å²) in [5.41, 5.74) is 2.01. The van der Waals surface area contributed by atoms with Crippen molar-refractivity contribution in [2.75, 3.05) is 11.1 Å². The number of carbonyl (C=O) groups excluding carboxylic acids is 1. The fraction of sp³-hybridized carbons (Fsp3) is 0.0909. The van der Waals surface area contributed by atoms with Crippen LogP contribution in [0.5, 0.6) is 0 Å². The third-order valence-electron chi connectivity index (χ3n) is 4.25. The molecule has 4 aromatic rings. The first-order valence-corrected chi connectivity index (χ1v) is 10.2. The van der Waals surface area contributed by atoms with Crippen molar-refractivity contribution in [3.63, 3.8) is 0 Å². The lowest BCUT2D eigenvalue weighted by molar-refractivity contribution is -0.113. The van der Waals surface area contributed by atoms with Gasteiger partial charge in [-0.05, 0) is 30.3 Å². The van der Waals surface area contributed by atoms with Crippen LogP contribution < -0.4 is 5.32 Å². The third kappa shape index (κ3) is 4.59. The van der Waals surface area contributed by atoms with E-state index in [0.717, 1.165) is 11.3 Å². The van der Waals surface area contributed by atoms with Crippen molar-refractivity contribution in [3.8, 4) is 17.5 Å². The Morgan fingerprint density at radius 2 is 1.97 bits per heavy atom. The van der Waals surface area contributed by atoms with Gasteiger partial charge in [-0.3, -0.25) is 9.36 Å². The normalized spacial score (nSPS) is 10.5. The number of thioether (sulfide) groups is 1. The highest BCUT2D eigenvalue weighted by atomic mass is 32.2. The lowest BCUT2D eigenvalue weighted by atomic mass is 10.2. The Bertz CT molecular complexity index is 1180. The molecule has 0 fully saturated rings. The Labute approximate surface area is 177 Å². The number of benzene rings is 2. The van der Waals surface area contributed by atoms with Gasteiger partial charge in [0.2, 0.25) is 5.91 Å². The van der Waals surface area contributed by atoms with Gasteiger partial charge in [-0.25, -0.2) is 0 Å². The molecule has 0 aliphatic heterocycles. The molecule has 0 saturated carbocycles. The number of aromatic nitrogens is 3. The van der Waals surface area contributed by atoms with Gasteiger partial charge in [-0.1, -0.05) is 48.2 Å². The molecule has 0 aliphatic carbocycles. The molecular formula is C22H17N5O2S. The molecule has 0 spiro atoms. The third-order valence-corrected chi connectivity index (χ3v) is 5.22. The molecule has 30 heavy (non-hydrogen) atoms. The number of rotatable bonds is 7. The smallest absolute Gasteiger partial charge is 0.234 e. The van der Waals surface area contributed by atoms with Crippen LogP contribution in [0.3, 0.4) is 0 Å². The van der Waals surface area contributed by atoms with E-state index in [4.69, 9.17) is 9.68 Å². The fourth-order valence-corrected chi connectivity index (χ4v) is 3.63. The average molecular weight is 415 g/mol. The summed E-state index contributed by atoms with van der Waals surface area (Å²) in [5.74, 6) is 1.44. The standard InChI is InChI=1S/C22H17N5O2S/c23-13-16-6-4-9-18(12-16)24-20(28)15-30-22-26-25-21(17-7-2-1-3-8-17)27(22)14-19-10-5-11-29-19/h1-12H,14-15H2,(H,24,28). The van der Waals surface area contributed by atoms with Crippen LogP contribution in [-0.2, 0) is 11.3 Å². The lowest BCUT2D eigenvalue weighted by Gasteiger charge is -2.09. The van der Waals surface area contributed by atoms with Gasteiger partial charge in [-0.2, -0.15) is 5.26 Å². The van der Waals surface area contributed by atoms with Gasteiger partial charge in [0.05, 0.1) is 30.2 Å². The highest BCUT2D eigenvalue weighted by Gasteiger charge is 2.17. The Hall–Kier alpha value is -3.83. The molecule has 0 unspecified atom stereocenters. The average Bonchev–Trinajstić information content (AvgIpc) is 3.43. The summed E-state index contributed by atoms with van der Waals surface area (Å²) < 4.78 is 7.42. The Balaban J connectivity index is 1.51. The summed E-state index contributed by atoms with van der Waals surface area (Å²) in [7, 11) is 0. The van der Waals surface area contributed by atoms with E-state index in [0.29, 0.717) is 28.8 Å². The second-order valence-electron chi connectivity index (χ2n) is 6.37. The number of nitriles is 1. The Morgan fingerprint density at radius 3 is 2.73 bits per heavy atom. The van der Waals surface area contributed by atoms with Crippen molar-refractivity contribution in [1.82, 2.24) is 14.8 Å². The Kier molecular flexibility index (Phi) is 5.92. The van der Waals surface area contributed by atoms with Crippen molar-refractivity contribution in [2.45, 2.75) is 11.7 Å². The molecule has 2 aromatic carbocycles. The zero-order valence-electron chi connectivity index (χ0n) is 15.9. The zero-order chi connectivity index (χ0) is 20.8. The lowest BCUT2D eigenvalue weighted by Crippen LogP contribution is -2.15. The molecule has 7 nitrogen and oxygen atoms in total. The van der Waals surface area contributed by atoms with Gasteiger partial charge in [0.15, 0.2) is 11.0 Å². The SMILES string of the molecule is N#Cc1cccc(NC(=O)CSc2nnc(-c3ccccc3)n2Cc2ccco2)c1. The number of anilines is 1. The molecule has 0 atom stereocenters. The Morgan fingerprint density at radius 1 is 1.10 bits per heavy atom. The van der Waals surface area contributed by atoms with Crippen LogP contribution in [0.25, 0.3) is 11.4 Å². The van der Waals surface area contributed by atoms with Crippen LogP contribution in [0.2, 0.25) is 0 Å². The van der Waals surface area contributed by atoms with Crippen molar-refractivity contribution in [2.24, 2.45) is 0 Å². The number of furan rings is 1. The molecule has 0 aliphatic rings. The minimum Gasteiger partial charge on any atom is -0.467 e. The second-order valence-corrected chi connectivity index (χ2v) is 7.31. The van der Waals surface area contributed by atoms with Crippen LogP contribution in [0.4, 0.5) is 5.69 Å². The maximum absolute atomic E-state index is 12.4. The van der Waals surface area contributed by atoms with Crippen molar-refractivity contribution >= 4 is 23.4 Å². The molecule has 1 N–H and O–H groups in total. The highest BCUT2D eigenvalue weighted by Crippen LogP contribution is 2.25. The first-order chi connectivity index (χ1) is 14.7. The van der Waals surface area contributed by atoms with E-state index in [1.165, 1.54) is 11.8 Å². The van der Waals surface area contributed by atoms with Crippen LogP contribution in [0, 0.1) is 11.3 Å².